The van der Waals surface area contributed by atoms with E-state index in [1.165, 1.54) is 12.1 Å². The Morgan fingerprint density at radius 2 is 1.67 bits per heavy atom. The summed E-state index contributed by atoms with van der Waals surface area (Å²) in [7, 11) is -3.97. The van der Waals surface area contributed by atoms with E-state index in [4.69, 9.17) is 4.74 Å². The number of rotatable bonds is 6. The van der Waals surface area contributed by atoms with Crippen LogP contribution in [0.5, 0.6) is 0 Å². The van der Waals surface area contributed by atoms with E-state index in [1.54, 1.807) is 12.1 Å². The third kappa shape index (κ3) is 5.03. The number of fused-ring (bicyclic) bond motifs is 5. The molecule has 4 fully saturated rings. The maximum absolute atomic E-state index is 12.5. The summed E-state index contributed by atoms with van der Waals surface area (Å²) in [5.74, 6) is 2.18. The Morgan fingerprint density at radius 3 is 2.36 bits per heavy atom. The van der Waals surface area contributed by atoms with Crippen molar-refractivity contribution in [1.29, 1.82) is 0 Å². The van der Waals surface area contributed by atoms with Gasteiger partial charge < -0.3 is 14.9 Å². The molecule has 0 heterocycles. The van der Waals surface area contributed by atoms with Crippen molar-refractivity contribution in [3.8, 4) is 0 Å². The van der Waals surface area contributed by atoms with Gasteiger partial charge in [-0.1, -0.05) is 44.9 Å². The Hall–Kier alpha value is -1.64. The zero-order chi connectivity index (χ0) is 28.2. The molecule has 0 unspecified atom stereocenters. The first-order chi connectivity index (χ1) is 18.4. The highest BCUT2D eigenvalue weighted by molar-refractivity contribution is 7.90. The Morgan fingerprint density at radius 1 is 1.00 bits per heavy atom. The topological polar surface area (TPSA) is 113 Å². The lowest BCUT2D eigenvalue weighted by Crippen LogP contribution is -2.62. The number of sulfonamides is 1. The molecule has 10 atom stereocenters. The van der Waals surface area contributed by atoms with Crippen LogP contribution in [0.15, 0.2) is 29.2 Å². The van der Waals surface area contributed by atoms with Crippen molar-refractivity contribution in [3.05, 3.63) is 29.8 Å². The lowest BCUT2D eigenvalue weighted by Gasteiger charge is -2.64. The van der Waals surface area contributed by atoms with E-state index in [0.29, 0.717) is 30.1 Å². The van der Waals surface area contributed by atoms with Gasteiger partial charge >= 0.3 is 6.09 Å². The summed E-state index contributed by atoms with van der Waals surface area (Å²) in [6, 6.07) is 6.33. The van der Waals surface area contributed by atoms with E-state index < -0.39 is 16.1 Å². The normalized spacial score (nSPS) is 41.7. The number of carbonyl (C=O) groups excluding carboxylic acids is 1. The molecule has 0 bridgehead atoms. The second-order valence-electron chi connectivity index (χ2n) is 13.6. The molecule has 0 aromatic heterocycles. The average molecular weight is 562 g/mol. The van der Waals surface area contributed by atoms with Crippen molar-refractivity contribution in [3.63, 3.8) is 0 Å². The number of amides is 1. The summed E-state index contributed by atoms with van der Waals surface area (Å²) in [5, 5.41) is 22.3. The highest BCUT2D eigenvalue weighted by atomic mass is 32.2. The maximum Gasteiger partial charge on any atom is 0.421 e. The molecular formula is C31H47NO6S. The number of nitrogens with one attached hydrogen (secondary N) is 1. The number of aliphatic hydroxyl groups is 2. The Labute approximate surface area is 234 Å². The zero-order valence-electron chi connectivity index (χ0n) is 23.9. The molecule has 5 rings (SSSR count). The predicted octanol–water partition coefficient (Wildman–Crippen LogP) is 5.43. The number of hydrogen-bond acceptors (Lipinski definition) is 6. The van der Waals surface area contributed by atoms with E-state index in [1.807, 2.05) is 11.6 Å². The van der Waals surface area contributed by atoms with Crippen molar-refractivity contribution in [1.82, 2.24) is 4.72 Å². The van der Waals surface area contributed by atoms with Gasteiger partial charge in [0.15, 0.2) is 0 Å². The number of ether oxygens (including phenoxy) is 1. The average Bonchev–Trinajstić information content (AvgIpc) is 3.21. The monoisotopic (exact) mass is 561 g/mol. The predicted molar refractivity (Wildman–Crippen MR) is 149 cm³/mol. The van der Waals surface area contributed by atoms with Gasteiger partial charge in [0, 0.05) is 0 Å². The van der Waals surface area contributed by atoms with Gasteiger partial charge in [-0.3, -0.25) is 0 Å². The number of carbonyl (C=O) groups is 1. The van der Waals surface area contributed by atoms with Crippen LogP contribution in [0.3, 0.4) is 0 Å². The molecule has 218 valence electrons. The smallest absolute Gasteiger partial charge is 0.421 e. The van der Waals surface area contributed by atoms with Gasteiger partial charge in [-0.15, -0.1) is 0 Å². The van der Waals surface area contributed by atoms with Crippen LogP contribution < -0.4 is 4.72 Å². The van der Waals surface area contributed by atoms with Gasteiger partial charge in [-0.2, -0.15) is 0 Å². The number of aliphatic hydroxyl groups excluding tert-OH is 2. The Kier molecular flexibility index (Phi) is 7.88. The minimum absolute atomic E-state index is 0.0350. The molecule has 1 aromatic rings. The lowest BCUT2D eigenvalue weighted by atomic mass is 9.41. The van der Waals surface area contributed by atoms with Crippen LogP contribution in [0.25, 0.3) is 0 Å². The molecule has 0 radical (unpaired) electrons. The first-order valence-corrected chi connectivity index (χ1v) is 16.5. The van der Waals surface area contributed by atoms with E-state index in [-0.39, 0.29) is 46.4 Å². The summed E-state index contributed by atoms with van der Waals surface area (Å²) >= 11 is 0. The van der Waals surface area contributed by atoms with Crippen LogP contribution in [0.4, 0.5) is 4.79 Å². The standard InChI is InChI=1S/C31H47NO6S/c1-5-23-26-18-21(33)12-15-31(26,4)25-13-16-30(3)20(8-11-24(30)27(25)28(23)34)14-17-38-29(35)32-39(36,37)22-9-6-19(2)7-10-22/h6-7,9-10,20-21,23-28,33-34H,5,8,11-18H2,1-4H3,(H,32,35)/t20-,21-,23-,24+,25+,26+,27+,28-,30-,31-/m1/s1. The van der Waals surface area contributed by atoms with Crippen LogP contribution >= 0.6 is 0 Å². The van der Waals surface area contributed by atoms with Gasteiger partial charge in [0.05, 0.1) is 23.7 Å². The fraction of sp³-hybridized carbons (Fsp3) is 0.774. The molecule has 4 aliphatic rings. The molecule has 4 aliphatic carbocycles. The maximum atomic E-state index is 12.5. The Balaban J connectivity index is 1.23. The second kappa shape index (κ2) is 10.6. The van der Waals surface area contributed by atoms with Crippen LogP contribution in [0, 0.1) is 53.3 Å². The van der Waals surface area contributed by atoms with Gasteiger partial charge in [-0.05, 0) is 117 Å². The lowest BCUT2D eigenvalue weighted by molar-refractivity contribution is -0.202. The summed E-state index contributed by atoms with van der Waals surface area (Å²) in [4.78, 5) is 12.4. The Bertz CT molecular complexity index is 1150. The second-order valence-corrected chi connectivity index (χ2v) is 15.2. The highest BCUT2D eigenvalue weighted by Crippen LogP contribution is 2.69. The molecule has 1 amide bonds. The summed E-state index contributed by atoms with van der Waals surface area (Å²) < 4.78 is 32.4. The number of benzene rings is 1. The molecule has 0 saturated heterocycles. The van der Waals surface area contributed by atoms with Gasteiger partial charge in [0.25, 0.3) is 10.0 Å². The van der Waals surface area contributed by atoms with Crippen molar-refractivity contribution in [2.45, 2.75) is 103 Å². The van der Waals surface area contributed by atoms with Crippen molar-refractivity contribution in [2.75, 3.05) is 6.61 Å². The molecule has 1 aromatic carbocycles. The van der Waals surface area contributed by atoms with Crippen molar-refractivity contribution in [2.24, 2.45) is 46.3 Å². The van der Waals surface area contributed by atoms with E-state index in [0.717, 1.165) is 56.9 Å². The van der Waals surface area contributed by atoms with Crippen LogP contribution in [-0.2, 0) is 14.8 Å². The third-order valence-electron chi connectivity index (χ3n) is 11.8. The van der Waals surface area contributed by atoms with Crippen LogP contribution in [-0.4, -0.2) is 43.5 Å². The summed E-state index contributed by atoms with van der Waals surface area (Å²) in [6.07, 6.45) is 7.18. The van der Waals surface area contributed by atoms with Crippen molar-refractivity contribution < 1.29 is 28.2 Å². The molecule has 4 saturated carbocycles. The van der Waals surface area contributed by atoms with Crippen LogP contribution in [0.1, 0.15) is 84.1 Å². The molecule has 7 nitrogen and oxygen atoms in total. The molecule has 0 spiro atoms. The highest BCUT2D eigenvalue weighted by Gasteiger charge is 2.64. The molecule has 0 aliphatic heterocycles. The zero-order valence-corrected chi connectivity index (χ0v) is 24.8. The first-order valence-electron chi connectivity index (χ1n) is 15.0. The fourth-order valence-electron chi connectivity index (χ4n) is 9.75. The fourth-order valence-corrected chi connectivity index (χ4v) is 10.6. The molecular weight excluding hydrogens is 514 g/mol. The van der Waals surface area contributed by atoms with E-state index in [2.05, 4.69) is 20.8 Å². The largest absolute Gasteiger partial charge is 0.449 e. The summed E-state index contributed by atoms with van der Waals surface area (Å²) in [6.45, 7) is 9.06. The minimum Gasteiger partial charge on any atom is -0.449 e. The van der Waals surface area contributed by atoms with Gasteiger partial charge in [-0.25, -0.2) is 17.9 Å². The molecule has 8 heteroatoms. The van der Waals surface area contributed by atoms with Crippen molar-refractivity contribution >= 4 is 16.1 Å². The number of aryl methyl sites for hydroxylation is 1. The first kappa shape index (κ1) is 28.9. The molecule has 3 N–H and O–H groups in total. The minimum atomic E-state index is -3.97. The van der Waals surface area contributed by atoms with E-state index >= 15 is 0 Å². The number of hydrogen-bond donors (Lipinski definition) is 3. The van der Waals surface area contributed by atoms with Crippen LogP contribution in [0.2, 0.25) is 0 Å². The SMILES string of the molecule is CC[C@H]1[C@@H](O)[C@@H]2[C@H](CC[C@]3(C)[C@@H](CCOC(=O)NS(=O)(=O)c4ccc(C)cc4)CC[C@@H]23)[C@@]2(C)CC[C@@H](O)C[C@@H]12. The van der Waals surface area contributed by atoms with Gasteiger partial charge in [0.2, 0.25) is 0 Å². The van der Waals surface area contributed by atoms with E-state index in [9.17, 15) is 23.4 Å². The third-order valence-corrected chi connectivity index (χ3v) is 13.2. The molecule has 39 heavy (non-hydrogen) atoms. The quantitative estimate of drug-likeness (QED) is 0.427. The summed E-state index contributed by atoms with van der Waals surface area (Å²) in [5.41, 5.74) is 1.19. The van der Waals surface area contributed by atoms with Gasteiger partial charge in [0.1, 0.15) is 0 Å².